The number of nitrogens with zero attached hydrogens (tertiary/aromatic N) is 1. The Kier molecular flexibility index (Phi) is 14.0. The van der Waals surface area contributed by atoms with Gasteiger partial charge in [-0.05, 0) is 12.0 Å². The number of hydrogen-bond donors (Lipinski definition) is 0. The van der Waals surface area contributed by atoms with E-state index in [4.69, 9.17) is 4.74 Å². The molecule has 4 heteroatoms. The second kappa shape index (κ2) is 17.2. The molecule has 0 aliphatic carbocycles. The van der Waals surface area contributed by atoms with Crippen LogP contribution in [0.2, 0.25) is 0 Å². The van der Waals surface area contributed by atoms with Crippen molar-refractivity contribution in [2.75, 3.05) is 0 Å². The largest absolute Gasteiger partial charge is 0.483 e. The van der Waals surface area contributed by atoms with E-state index in [1.54, 1.807) is 6.20 Å². The molecule has 2 rings (SSSR count). The van der Waals surface area contributed by atoms with Crippen molar-refractivity contribution in [2.24, 2.45) is 0 Å². The van der Waals surface area contributed by atoms with Crippen LogP contribution < -0.4 is 10.2 Å². The summed E-state index contributed by atoms with van der Waals surface area (Å²) in [5, 5.41) is 0. The Bertz CT molecular complexity index is 829. The van der Waals surface area contributed by atoms with Crippen molar-refractivity contribution in [3.8, 4) is 5.75 Å². The molecule has 0 bridgehead atoms. The van der Waals surface area contributed by atoms with Crippen LogP contribution in [0.5, 0.6) is 5.75 Å². The summed E-state index contributed by atoms with van der Waals surface area (Å²) in [6.45, 7) is 3.28. The van der Waals surface area contributed by atoms with E-state index in [-0.39, 0.29) is 17.8 Å². The normalized spacial score (nSPS) is 10.9. The summed E-state index contributed by atoms with van der Waals surface area (Å²) in [4.78, 5) is 24.0. The summed E-state index contributed by atoms with van der Waals surface area (Å²) in [7, 11) is 0. The first-order chi connectivity index (χ1) is 16.3. The van der Waals surface area contributed by atoms with Crippen LogP contribution in [-0.4, -0.2) is 10.9 Å². The van der Waals surface area contributed by atoms with E-state index in [0.29, 0.717) is 5.69 Å². The van der Waals surface area contributed by atoms with Crippen LogP contribution in [0.25, 0.3) is 0 Å². The maximum atomic E-state index is 12.3. The minimum atomic E-state index is -0.245. The molecule has 2 aromatic rings. The molecule has 1 heterocycles. The molecule has 0 fully saturated rings. The molecule has 182 valence electrons. The molecule has 1 aromatic heterocycles. The summed E-state index contributed by atoms with van der Waals surface area (Å²) in [6.07, 6.45) is 20.9. The number of aldehydes is 1. The number of hydrogen-bond acceptors (Lipinski definition) is 3. The molecule has 33 heavy (non-hydrogen) atoms. The van der Waals surface area contributed by atoms with Gasteiger partial charge < -0.3 is 9.30 Å². The minimum absolute atomic E-state index is 0.154. The zero-order chi connectivity index (χ0) is 23.6. The summed E-state index contributed by atoms with van der Waals surface area (Å²) >= 11 is 0. The third-order valence-electron chi connectivity index (χ3n) is 6.26. The van der Waals surface area contributed by atoms with Gasteiger partial charge in [0.05, 0.1) is 0 Å². The Labute approximate surface area is 200 Å². The van der Waals surface area contributed by atoms with Gasteiger partial charge in [-0.25, -0.2) is 0 Å². The summed E-state index contributed by atoms with van der Waals surface area (Å²) in [5.74, 6) is 0.154. The highest BCUT2D eigenvalue weighted by molar-refractivity contribution is 5.76. The molecular formula is C29H43NO3. The SMILES string of the molecule is CCCCCCCCCCCCCCCCn1ccc(=O)c(OCc2ccccc2)c1C=O. The first-order valence-electron chi connectivity index (χ1n) is 13.1. The van der Waals surface area contributed by atoms with Crippen molar-refractivity contribution < 1.29 is 9.53 Å². The van der Waals surface area contributed by atoms with Crippen LogP contribution in [0.1, 0.15) is 113 Å². The van der Waals surface area contributed by atoms with Gasteiger partial charge >= 0.3 is 0 Å². The molecule has 4 nitrogen and oxygen atoms in total. The molecule has 0 saturated heterocycles. The Balaban J connectivity index is 1.62. The maximum absolute atomic E-state index is 12.3. The van der Waals surface area contributed by atoms with Crippen LogP contribution in [-0.2, 0) is 13.2 Å². The quantitative estimate of drug-likeness (QED) is 0.162. The Morgan fingerprint density at radius 2 is 1.30 bits per heavy atom. The number of carbonyl (C=O) groups is 1. The van der Waals surface area contributed by atoms with Crippen molar-refractivity contribution in [2.45, 2.75) is 110 Å². The van der Waals surface area contributed by atoms with Gasteiger partial charge in [0.25, 0.3) is 0 Å². The highest BCUT2D eigenvalue weighted by Crippen LogP contribution is 2.16. The van der Waals surface area contributed by atoms with Crippen molar-refractivity contribution in [3.05, 3.63) is 64.1 Å². The summed E-state index contributed by atoms with van der Waals surface area (Å²) in [5.41, 5.74) is 1.06. The number of aryl methyl sites for hydroxylation is 1. The fraction of sp³-hybridized carbons (Fsp3) is 0.586. The van der Waals surface area contributed by atoms with Crippen LogP contribution in [0.4, 0.5) is 0 Å². The molecule has 0 aliphatic rings. The number of ether oxygens (including phenoxy) is 1. The third-order valence-corrected chi connectivity index (χ3v) is 6.26. The lowest BCUT2D eigenvalue weighted by Gasteiger charge is -2.14. The Morgan fingerprint density at radius 3 is 1.85 bits per heavy atom. The van der Waals surface area contributed by atoms with Gasteiger partial charge in [-0.1, -0.05) is 121 Å². The summed E-state index contributed by atoms with van der Waals surface area (Å²) in [6, 6.07) is 11.2. The fourth-order valence-corrected chi connectivity index (χ4v) is 4.24. The highest BCUT2D eigenvalue weighted by atomic mass is 16.5. The molecule has 0 amide bonds. The zero-order valence-electron chi connectivity index (χ0n) is 20.6. The number of unbranched alkanes of at least 4 members (excludes halogenated alkanes) is 13. The van der Waals surface area contributed by atoms with Crippen LogP contribution in [0.3, 0.4) is 0 Å². The molecule has 0 radical (unpaired) electrons. The Morgan fingerprint density at radius 1 is 0.758 bits per heavy atom. The lowest BCUT2D eigenvalue weighted by atomic mass is 10.0. The lowest BCUT2D eigenvalue weighted by molar-refractivity contribution is 0.110. The summed E-state index contributed by atoms with van der Waals surface area (Å²) < 4.78 is 7.60. The molecule has 0 saturated carbocycles. The average molecular weight is 454 g/mol. The van der Waals surface area contributed by atoms with Gasteiger partial charge in [0.1, 0.15) is 12.3 Å². The lowest BCUT2D eigenvalue weighted by Crippen LogP contribution is -2.16. The molecule has 0 atom stereocenters. The first-order valence-corrected chi connectivity index (χ1v) is 13.1. The van der Waals surface area contributed by atoms with E-state index >= 15 is 0 Å². The molecular weight excluding hydrogens is 410 g/mol. The number of benzene rings is 1. The predicted molar refractivity (Wildman–Crippen MR) is 137 cm³/mol. The monoisotopic (exact) mass is 453 g/mol. The topological polar surface area (TPSA) is 48.3 Å². The van der Waals surface area contributed by atoms with E-state index in [0.717, 1.165) is 31.2 Å². The van der Waals surface area contributed by atoms with Gasteiger partial charge in [0, 0.05) is 18.8 Å². The third kappa shape index (κ3) is 10.9. The zero-order valence-corrected chi connectivity index (χ0v) is 20.6. The fourth-order valence-electron chi connectivity index (χ4n) is 4.24. The number of aromatic nitrogens is 1. The molecule has 0 unspecified atom stereocenters. The van der Waals surface area contributed by atoms with Crippen LogP contribution in [0, 0.1) is 0 Å². The maximum Gasteiger partial charge on any atom is 0.224 e. The number of carbonyl (C=O) groups excluding carboxylic acids is 1. The van der Waals surface area contributed by atoms with E-state index < -0.39 is 0 Å². The molecule has 0 N–H and O–H groups in total. The Hall–Kier alpha value is -2.36. The van der Waals surface area contributed by atoms with Gasteiger partial charge in [-0.3, -0.25) is 9.59 Å². The van der Waals surface area contributed by atoms with E-state index in [2.05, 4.69) is 6.92 Å². The standard InChI is InChI=1S/C29H43NO3/c1-2-3-4-5-6-7-8-9-10-11-12-13-14-18-22-30-23-21-28(32)29(27(30)24-31)33-25-26-19-16-15-17-20-26/h15-17,19-21,23-24H,2-14,18,22,25H2,1H3. The van der Waals surface area contributed by atoms with Crippen LogP contribution >= 0.6 is 0 Å². The second-order valence-corrected chi connectivity index (χ2v) is 9.08. The molecule has 0 aliphatic heterocycles. The predicted octanol–water partition coefficient (Wildman–Crippen LogP) is 7.72. The van der Waals surface area contributed by atoms with Gasteiger partial charge in [-0.2, -0.15) is 0 Å². The number of pyridine rings is 1. The second-order valence-electron chi connectivity index (χ2n) is 9.08. The van der Waals surface area contributed by atoms with Crippen molar-refractivity contribution >= 4 is 6.29 Å². The number of rotatable bonds is 19. The van der Waals surface area contributed by atoms with E-state index in [9.17, 15) is 9.59 Å². The average Bonchev–Trinajstić information content (AvgIpc) is 2.84. The highest BCUT2D eigenvalue weighted by Gasteiger charge is 2.12. The smallest absolute Gasteiger partial charge is 0.224 e. The molecule has 1 aromatic carbocycles. The van der Waals surface area contributed by atoms with Crippen LogP contribution in [0.15, 0.2) is 47.4 Å². The van der Waals surface area contributed by atoms with E-state index in [1.807, 2.05) is 34.9 Å². The van der Waals surface area contributed by atoms with E-state index in [1.165, 1.54) is 83.1 Å². The molecule has 0 spiro atoms. The van der Waals surface area contributed by atoms with Crippen molar-refractivity contribution in [3.63, 3.8) is 0 Å². The van der Waals surface area contributed by atoms with Crippen molar-refractivity contribution in [1.29, 1.82) is 0 Å². The van der Waals surface area contributed by atoms with Gasteiger partial charge in [0.15, 0.2) is 12.0 Å². The first kappa shape index (κ1) is 26.9. The van der Waals surface area contributed by atoms with Gasteiger partial charge in [-0.15, -0.1) is 0 Å². The van der Waals surface area contributed by atoms with Gasteiger partial charge in [0.2, 0.25) is 5.43 Å². The minimum Gasteiger partial charge on any atom is -0.483 e. The van der Waals surface area contributed by atoms with Crippen molar-refractivity contribution in [1.82, 2.24) is 4.57 Å².